The van der Waals surface area contributed by atoms with Crippen molar-refractivity contribution in [1.82, 2.24) is 15.3 Å². The summed E-state index contributed by atoms with van der Waals surface area (Å²) in [6.07, 6.45) is 0.578. The zero-order chi connectivity index (χ0) is 15.2. The molecule has 6 nitrogen and oxygen atoms in total. The van der Waals surface area contributed by atoms with E-state index in [0.717, 1.165) is 5.69 Å². The van der Waals surface area contributed by atoms with Gasteiger partial charge in [0.2, 0.25) is 0 Å². The van der Waals surface area contributed by atoms with Gasteiger partial charge in [-0.25, -0.2) is 9.97 Å². The summed E-state index contributed by atoms with van der Waals surface area (Å²) in [6, 6.07) is 8.34. The number of hydrogen-bond acceptors (Lipinski definition) is 6. The smallest absolute Gasteiger partial charge is 0.148 e. The summed E-state index contributed by atoms with van der Waals surface area (Å²) in [5.41, 5.74) is 1.30. The number of phenolic OH excluding ortho intramolecular Hbond substituents is 1. The number of nitrogens with one attached hydrogen (secondary N) is 2. The van der Waals surface area contributed by atoms with E-state index in [1.165, 1.54) is 6.33 Å². The largest absolute Gasteiger partial charge is 0.508 e. The van der Waals surface area contributed by atoms with Crippen LogP contribution in [-0.4, -0.2) is 26.7 Å². The number of phenols is 1. The lowest BCUT2D eigenvalue weighted by Crippen LogP contribution is -2.25. The van der Waals surface area contributed by atoms with Crippen molar-refractivity contribution < 1.29 is 10.2 Å². The number of rotatable bonds is 6. The molecule has 0 aliphatic carbocycles. The van der Waals surface area contributed by atoms with E-state index in [1.54, 1.807) is 30.3 Å². The molecule has 0 aliphatic heterocycles. The first kappa shape index (κ1) is 15.2. The molecule has 2 aromatic rings. The van der Waals surface area contributed by atoms with Gasteiger partial charge in [-0.2, -0.15) is 0 Å². The van der Waals surface area contributed by atoms with Gasteiger partial charge in [-0.1, -0.05) is 13.8 Å². The fourth-order valence-corrected chi connectivity index (χ4v) is 1.73. The van der Waals surface area contributed by atoms with E-state index < -0.39 is 6.23 Å². The molecule has 0 radical (unpaired) electrons. The number of aliphatic hydroxyl groups is 1. The molecule has 1 aromatic carbocycles. The van der Waals surface area contributed by atoms with Crippen molar-refractivity contribution in [3.63, 3.8) is 0 Å². The number of nitrogens with zero attached hydrogens (tertiary/aromatic N) is 2. The van der Waals surface area contributed by atoms with Crippen molar-refractivity contribution in [3.8, 4) is 5.75 Å². The maximum Gasteiger partial charge on any atom is 0.148 e. The van der Waals surface area contributed by atoms with E-state index >= 15 is 0 Å². The quantitative estimate of drug-likeness (QED) is 0.481. The molecule has 0 amide bonds. The number of benzene rings is 1. The van der Waals surface area contributed by atoms with Crippen LogP contribution < -0.4 is 10.6 Å². The highest BCUT2D eigenvalue weighted by Gasteiger charge is 2.10. The lowest BCUT2D eigenvalue weighted by Gasteiger charge is -2.14. The standard InChI is InChI=1S/C15H20N4O2/c1-10(2)8-16-15(21)13-7-14(18-9-17-13)19-11-3-5-12(20)6-4-11/h3-7,9-10,15-16,20-21H,8H2,1-2H3,(H,17,18,19). The summed E-state index contributed by atoms with van der Waals surface area (Å²) in [5, 5.41) is 25.4. The normalized spacial score (nSPS) is 12.4. The Morgan fingerprint density at radius 3 is 2.52 bits per heavy atom. The van der Waals surface area contributed by atoms with Gasteiger partial charge in [-0.15, -0.1) is 0 Å². The molecule has 0 fully saturated rings. The van der Waals surface area contributed by atoms with E-state index in [0.29, 0.717) is 24.0 Å². The van der Waals surface area contributed by atoms with Crippen molar-refractivity contribution >= 4 is 11.5 Å². The van der Waals surface area contributed by atoms with Crippen LogP contribution in [0.5, 0.6) is 5.75 Å². The Bertz CT molecular complexity index is 572. The Labute approximate surface area is 123 Å². The van der Waals surface area contributed by atoms with Crippen molar-refractivity contribution in [1.29, 1.82) is 0 Å². The highest BCUT2D eigenvalue weighted by atomic mass is 16.3. The Hall–Kier alpha value is -2.18. The molecule has 0 aliphatic rings. The van der Waals surface area contributed by atoms with E-state index in [9.17, 15) is 10.2 Å². The van der Waals surface area contributed by atoms with Crippen LogP contribution >= 0.6 is 0 Å². The predicted octanol–water partition coefficient (Wildman–Crippen LogP) is 2.16. The van der Waals surface area contributed by atoms with E-state index in [4.69, 9.17) is 0 Å². The molecule has 4 N–H and O–H groups in total. The fourth-order valence-electron chi connectivity index (χ4n) is 1.73. The number of aliphatic hydroxyl groups excluding tert-OH is 1. The molecule has 0 saturated carbocycles. The minimum Gasteiger partial charge on any atom is -0.508 e. The van der Waals surface area contributed by atoms with Crippen LogP contribution in [0.2, 0.25) is 0 Å². The SMILES string of the molecule is CC(C)CNC(O)c1cc(Nc2ccc(O)cc2)ncn1. The molecule has 21 heavy (non-hydrogen) atoms. The average molecular weight is 288 g/mol. The van der Waals surface area contributed by atoms with E-state index in [1.807, 2.05) is 0 Å². The lowest BCUT2D eigenvalue weighted by atomic mass is 10.2. The van der Waals surface area contributed by atoms with Crippen LogP contribution in [0, 0.1) is 5.92 Å². The number of aromatic nitrogens is 2. The first-order valence-electron chi connectivity index (χ1n) is 6.84. The number of aromatic hydroxyl groups is 1. The molecule has 0 spiro atoms. The summed E-state index contributed by atoms with van der Waals surface area (Å²) in [4.78, 5) is 8.18. The third kappa shape index (κ3) is 4.70. The first-order valence-corrected chi connectivity index (χ1v) is 6.84. The second-order valence-electron chi connectivity index (χ2n) is 5.20. The highest BCUT2D eigenvalue weighted by molar-refractivity contribution is 5.56. The molecule has 0 saturated heterocycles. The molecule has 0 bridgehead atoms. The fraction of sp³-hybridized carbons (Fsp3) is 0.333. The maximum atomic E-state index is 10.0. The van der Waals surface area contributed by atoms with E-state index in [2.05, 4.69) is 34.4 Å². The van der Waals surface area contributed by atoms with E-state index in [-0.39, 0.29) is 5.75 Å². The van der Waals surface area contributed by atoms with Crippen LogP contribution in [-0.2, 0) is 0 Å². The van der Waals surface area contributed by atoms with Gasteiger partial charge in [0.05, 0.1) is 5.69 Å². The summed E-state index contributed by atoms with van der Waals surface area (Å²) in [6.45, 7) is 4.83. The van der Waals surface area contributed by atoms with Gasteiger partial charge in [0, 0.05) is 18.3 Å². The molecular weight excluding hydrogens is 268 g/mol. The molecule has 6 heteroatoms. The minimum absolute atomic E-state index is 0.206. The lowest BCUT2D eigenvalue weighted by molar-refractivity contribution is 0.130. The molecule has 1 aromatic heterocycles. The first-order chi connectivity index (χ1) is 10.0. The van der Waals surface area contributed by atoms with Gasteiger partial charge >= 0.3 is 0 Å². The second-order valence-corrected chi connectivity index (χ2v) is 5.20. The molecule has 1 heterocycles. The summed E-state index contributed by atoms with van der Waals surface area (Å²) < 4.78 is 0. The minimum atomic E-state index is -0.823. The third-order valence-corrected chi connectivity index (χ3v) is 2.83. The molecular formula is C15H20N4O2. The van der Waals surface area contributed by atoms with Gasteiger partial charge < -0.3 is 15.5 Å². The monoisotopic (exact) mass is 288 g/mol. The van der Waals surface area contributed by atoms with Crippen LogP contribution in [0.4, 0.5) is 11.5 Å². The maximum absolute atomic E-state index is 10.0. The Balaban J connectivity index is 2.05. The van der Waals surface area contributed by atoms with Gasteiger partial charge in [-0.3, -0.25) is 5.32 Å². The predicted molar refractivity (Wildman–Crippen MR) is 81.2 cm³/mol. The summed E-state index contributed by atoms with van der Waals surface area (Å²) in [7, 11) is 0. The van der Waals surface area contributed by atoms with Gasteiger partial charge in [0.15, 0.2) is 0 Å². The Morgan fingerprint density at radius 2 is 1.86 bits per heavy atom. The zero-order valence-corrected chi connectivity index (χ0v) is 12.1. The average Bonchev–Trinajstić information content (AvgIpc) is 2.47. The van der Waals surface area contributed by atoms with Crippen LogP contribution in [0.1, 0.15) is 25.8 Å². The van der Waals surface area contributed by atoms with Crippen LogP contribution in [0.25, 0.3) is 0 Å². The van der Waals surface area contributed by atoms with Crippen molar-refractivity contribution in [2.24, 2.45) is 5.92 Å². The molecule has 2 rings (SSSR count). The Morgan fingerprint density at radius 1 is 1.14 bits per heavy atom. The third-order valence-electron chi connectivity index (χ3n) is 2.83. The number of hydrogen-bond donors (Lipinski definition) is 4. The number of anilines is 2. The van der Waals surface area contributed by atoms with Crippen molar-refractivity contribution in [2.45, 2.75) is 20.1 Å². The van der Waals surface area contributed by atoms with Gasteiger partial charge in [-0.05, 0) is 30.2 Å². The van der Waals surface area contributed by atoms with Crippen LogP contribution in [0.15, 0.2) is 36.7 Å². The van der Waals surface area contributed by atoms with Gasteiger partial charge in [0.1, 0.15) is 24.1 Å². The molecule has 1 unspecified atom stereocenters. The second kappa shape index (κ2) is 7.01. The van der Waals surface area contributed by atoms with Crippen LogP contribution in [0.3, 0.4) is 0 Å². The van der Waals surface area contributed by atoms with Gasteiger partial charge in [0.25, 0.3) is 0 Å². The Kier molecular flexibility index (Phi) is 5.08. The highest BCUT2D eigenvalue weighted by Crippen LogP contribution is 2.19. The zero-order valence-electron chi connectivity index (χ0n) is 12.1. The molecule has 1 atom stereocenters. The topological polar surface area (TPSA) is 90.3 Å². The summed E-state index contributed by atoms with van der Waals surface area (Å²) in [5.74, 6) is 1.23. The summed E-state index contributed by atoms with van der Waals surface area (Å²) >= 11 is 0. The van der Waals surface area contributed by atoms with Crippen molar-refractivity contribution in [3.05, 3.63) is 42.4 Å². The molecule has 112 valence electrons. The van der Waals surface area contributed by atoms with Crippen molar-refractivity contribution in [2.75, 3.05) is 11.9 Å².